The van der Waals surface area contributed by atoms with Crippen LogP contribution in [0, 0.1) is 11.6 Å². The van der Waals surface area contributed by atoms with Crippen LogP contribution in [-0.2, 0) is 10.3 Å². The van der Waals surface area contributed by atoms with Gasteiger partial charge in [0.15, 0.2) is 11.3 Å². The van der Waals surface area contributed by atoms with E-state index in [0.717, 1.165) is 44.8 Å². The topological polar surface area (TPSA) is 56.2 Å². The van der Waals surface area contributed by atoms with Crippen LogP contribution >= 0.6 is 0 Å². The zero-order valence-corrected chi connectivity index (χ0v) is 22.2. The standard InChI is InChI=1S/C31H32F2N4O2/c1-22(38)24-7-13-29(14-8-24)36-19-17-35(18-20-36)15-4-16-37-23(2)34-31(30(37)39,25-9-11-27(32)12-10-25)26-5-3-6-28(33)21-26/h3,5-14,21H,4,15-20H2,1-2H3. The molecule has 0 N–H and O–H groups in total. The van der Waals surface area contributed by atoms with Crippen LogP contribution in [0.15, 0.2) is 77.8 Å². The molecule has 202 valence electrons. The van der Waals surface area contributed by atoms with Gasteiger partial charge in [0.25, 0.3) is 5.91 Å². The van der Waals surface area contributed by atoms with E-state index in [-0.39, 0.29) is 11.7 Å². The second-order valence-electron chi connectivity index (χ2n) is 10.1. The van der Waals surface area contributed by atoms with Gasteiger partial charge in [0.2, 0.25) is 0 Å². The lowest BCUT2D eigenvalue weighted by Crippen LogP contribution is -2.47. The third-order valence-electron chi connectivity index (χ3n) is 7.65. The molecule has 1 saturated heterocycles. The number of rotatable bonds is 8. The summed E-state index contributed by atoms with van der Waals surface area (Å²) in [6.07, 6.45) is 0.758. The highest BCUT2D eigenvalue weighted by Gasteiger charge is 2.50. The Balaban J connectivity index is 1.23. The second-order valence-corrected chi connectivity index (χ2v) is 10.1. The Labute approximate surface area is 227 Å². The van der Waals surface area contributed by atoms with E-state index in [1.807, 2.05) is 24.3 Å². The first-order valence-electron chi connectivity index (χ1n) is 13.3. The molecule has 1 amide bonds. The molecule has 8 heteroatoms. The summed E-state index contributed by atoms with van der Waals surface area (Å²) < 4.78 is 27.9. The molecule has 1 fully saturated rings. The van der Waals surface area contributed by atoms with Gasteiger partial charge in [0.1, 0.15) is 17.5 Å². The van der Waals surface area contributed by atoms with Crippen molar-refractivity contribution in [2.45, 2.75) is 25.8 Å². The smallest absolute Gasteiger partial charge is 0.265 e. The van der Waals surface area contributed by atoms with Gasteiger partial charge in [-0.2, -0.15) is 0 Å². The quantitative estimate of drug-likeness (QED) is 0.390. The summed E-state index contributed by atoms with van der Waals surface area (Å²) in [4.78, 5) is 36.6. The van der Waals surface area contributed by atoms with Gasteiger partial charge in [0.05, 0.1) is 0 Å². The van der Waals surface area contributed by atoms with E-state index in [1.165, 1.54) is 24.3 Å². The number of amidine groups is 1. The zero-order chi connectivity index (χ0) is 27.6. The minimum Gasteiger partial charge on any atom is -0.369 e. The van der Waals surface area contributed by atoms with Crippen LogP contribution in [0.2, 0.25) is 0 Å². The molecule has 0 aromatic heterocycles. The molecule has 0 radical (unpaired) electrons. The monoisotopic (exact) mass is 530 g/mol. The number of halogens is 2. The third-order valence-corrected chi connectivity index (χ3v) is 7.65. The third kappa shape index (κ3) is 5.34. The maximum atomic E-state index is 14.2. The number of hydrogen-bond donors (Lipinski definition) is 0. The lowest BCUT2D eigenvalue weighted by Gasteiger charge is -2.36. The fourth-order valence-corrected chi connectivity index (χ4v) is 5.49. The van der Waals surface area contributed by atoms with Crippen molar-refractivity contribution in [1.29, 1.82) is 0 Å². The number of amides is 1. The molecule has 2 aliphatic rings. The normalized spacial score (nSPS) is 19.9. The molecule has 5 rings (SSSR count). The van der Waals surface area contributed by atoms with Crippen molar-refractivity contribution in [1.82, 2.24) is 9.80 Å². The van der Waals surface area contributed by atoms with E-state index in [2.05, 4.69) is 9.80 Å². The molecule has 0 bridgehead atoms. The predicted molar refractivity (Wildman–Crippen MR) is 148 cm³/mol. The Bertz CT molecular complexity index is 1380. The van der Waals surface area contributed by atoms with Crippen LogP contribution < -0.4 is 4.90 Å². The van der Waals surface area contributed by atoms with Crippen LogP contribution in [0.5, 0.6) is 0 Å². The number of ketones is 1. The summed E-state index contributed by atoms with van der Waals surface area (Å²) in [6.45, 7) is 8.25. The molecule has 3 aromatic rings. The molecule has 2 heterocycles. The van der Waals surface area contributed by atoms with Gasteiger partial charge in [-0.25, -0.2) is 13.8 Å². The number of hydrogen-bond acceptors (Lipinski definition) is 5. The fraction of sp³-hybridized carbons (Fsp3) is 0.323. The Kier molecular flexibility index (Phi) is 7.57. The van der Waals surface area contributed by atoms with Crippen molar-refractivity contribution < 1.29 is 18.4 Å². The number of aliphatic imine (C=N–C) groups is 1. The molecule has 0 saturated carbocycles. The molecular weight excluding hydrogens is 498 g/mol. The molecule has 0 aliphatic carbocycles. The molecular formula is C31H32F2N4O2. The predicted octanol–water partition coefficient (Wildman–Crippen LogP) is 4.88. The Morgan fingerprint density at radius 2 is 1.56 bits per heavy atom. The number of anilines is 1. The first-order chi connectivity index (χ1) is 18.8. The Morgan fingerprint density at radius 1 is 0.872 bits per heavy atom. The SMILES string of the molecule is CC(=O)c1ccc(N2CCN(CCCN3C(=O)C(c4ccc(F)cc4)(c4cccc(F)c4)N=C3C)CC2)cc1. The van der Waals surface area contributed by atoms with Crippen molar-refractivity contribution in [2.75, 3.05) is 44.2 Å². The van der Waals surface area contributed by atoms with E-state index in [4.69, 9.17) is 4.99 Å². The summed E-state index contributed by atoms with van der Waals surface area (Å²) in [7, 11) is 0. The van der Waals surface area contributed by atoms with Gasteiger partial charge in [-0.05, 0) is 86.5 Å². The number of nitrogens with zero attached hydrogens (tertiary/aromatic N) is 4. The van der Waals surface area contributed by atoms with E-state index in [9.17, 15) is 18.4 Å². The van der Waals surface area contributed by atoms with Gasteiger partial charge in [-0.3, -0.25) is 19.4 Å². The minimum atomic E-state index is -1.44. The van der Waals surface area contributed by atoms with Crippen molar-refractivity contribution in [2.24, 2.45) is 4.99 Å². The van der Waals surface area contributed by atoms with E-state index >= 15 is 0 Å². The lowest BCUT2D eigenvalue weighted by atomic mass is 9.82. The van der Waals surface area contributed by atoms with Crippen molar-refractivity contribution in [3.8, 4) is 0 Å². The fourth-order valence-electron chi connectivity index (χ4n) is 5.49. The zero-order valence-electron chi connectivity index (χ0n) is 22.2. The van der Waals surface area contributed by atoms with Gasteiger partial charge in [0, 0.05) is 44.0 Å². The maximum Gasteiger partial charge on any atom is 0.265 e. The highest BCUT2D eigenvalue weighted by atomic mass is 19.1. The summed E-state index contributed by atoms with van der Waals surface area (Å²) in [5.41, 5.74) is 1.32. The van der Waals surface area contributed by atoms with Crippen LogP contribution in [-0.4, -0.2) is 66.6 Å². The van der Waals surface area contributed by atoms with Crippen LogP contribution in [0.25, 0.3) is 0 Å². The van der Waals surface area contributed by atoms with Crippen LogP contribution in [0.4, 0.5) is 14.5 Å². The van der Waals surface area contributed by atoms with Gasteiger partial charge < -0.3 is 4.90 Å². The number of piperazine rings is 1. The second kappa shape index (κ2) is 11.1. The molecule has 3 aromatic carbocycles. The van der Waals surface area contributed by atoms with Gasteiger partial charge in [-0.15, -0.1) is 0 Å². The number of benzene rings is 3. The number of carbonyl (C=O) groups is 2. The summed E-state index contributed by atoms with van der Waals surface area (Å²) >= 11 is 0. The first kappa shape index (κ1) is 26.7. The Hall–Kier alpha value is -3.91. The minimum absolute atomic E-state index is 0.0639. The molecule has 39 heavy (non-hydrogen) atoms. The molecule has 6 nitrogen and oxygen atoms in total. The van der Waals surface area contributed by atoms with Crippen molar-refractivity contribution in [3.63, 3.8) is 0 Å². The van der Waals surface area contributed by atoms with E-state index in [0.29, 0.717) is 29.1 Å². The highest BCUT2D eigenvalue weighted by Crippen LogP contribution is 2.40. The number of Topliss-reactive ketones (excluding diaryl/α,β-unsaturated/α-hetero) is 1. The largest absolute Gasteiger partial charge is 0.369 e. The van der Waals surface area contributed by atoms with Crippen LogP contribution in [0.3, 0.4) is 0 Å². The van der Waals surface area contributed by atoms with E-state index in [1.54, 1.807) is 43.0 Å². The van der Waals surface area contributed by atoms with Gasteiger partial charge in [-0.1, -0.05) is 24.3 Å². The first-order valence-corrected chi connectivity index (χ1v) is 13.3. The van der Waals surface area contributed by atoms with E-state index < -0.39 is 17.2 Å². The Morgan fingerprint density at radius 3 is 2.21 bits per heavy atom. The lowest BCUT2D eigenvalue weighted by molar-refractivity contribution is -0.130. The summed E-state index contributed by atoms with van der Waals surface area (Å²) in [5.74, 6) is -0.497. The van der Waals surface area contributed by atoms with Gasteiger partial charge >= 0.3 is 0 Å². The molecule has 2 aliphatic heterocycles. The molecule has 1 atom stereocenters. The van der Waals surface area contributed by atoms with Crippen LogP contribution in [0.1, 0.15) is 41.8 Å². The maximum absolute atomic E-state index is 14.2. The average Bonchev–Trinajstić information content (AvgIpc) is 3.19. The molecule has 0 spiro atoms. The van der Waals surface area contributed by atoms with Crippen molar-refractivity contribution >= 4 is 23.2 Å². The summed E-state index contributed by atoms with van der Waals surface area (Å²) in [5, 5.41) is 0. The van der Waals surface area contributed by atoms with Crippen molar-refractivity contribution in [3.05, 3.63) is 101 Å². The summed E-state index contributed by atoms with van der Waals surface area (Å²) in [6, 6.07) is 19.4. The average molecular weight is 531 g/mol. The molecule has 1 unspecified atom stereocenters. The highest BCUT2D eigenvalue weighted by molar-refractivity contribution is 6.09. The number of carbonyl (C=O) groups excluding carboxylic acids is 2.